The highest BCUT2D eigenvalue weighted by Crippen LogP contribution is 2.13. The summed E-state index contributed by atoms with van der Waals surface area (Å²) in [6.07, 6.45) is 0. The highest BCUT2D eigenvalue weighted by Gasteiger charge is 2.21. The predicted octanol–water partition coefficient (Wildman–Crippen LogP) is 0.205. The molecule has 0 aromatic heterocycles. The van der Waals surface area contributed by atoms with Crippen molar-refractivity contribution in [2.75, 3.05) is 0 Å². The zero-order valence-corrected chi connectivity index (χ0v) is 4.99. The van der Waals surface area contributed by atoms with Crippen molar-refractivity contribution in [3.8, 4) is 0 Å². The van der Waals surface area contributed by atoms with Crippen molar-refractivity contribution in [1.29, 1.82) is 0 Å². The molecule has 0 aliphatic carbocycles. The third-order valence-electron chi connectivity index (χ3n) is 0.674. The summed E-state index contributed by atoms with van der Waals surface area (Å²) in [5, 5.41) is 0.0718. The second-order valence-electron chi connectivity index (χ2n) is 1.33. The maximum atomic E-state index is 10.3. The zero-order valence-electron chi connectivity index (χ0n) is 4.17. The van der Waals surface area contributed by atoms with Crippen molar-refractivity contribution in [2.45, 2.75) is 6.92 Å². The molecule has 0 radical (unpaired) electrons. The number of amides is 1. The molecule has 0 fully saturated rings. The minimum Gasteiger partial charge on any atom is -0.275 e. The van der Waals surface area contributed by atoms with Crippen LogP contribution in [0.15, 0.2) is 4.99 Å². The highest BCUT2D eigenvalue weighted by atomic mass is 32.2. The van der Waals surface area contributed by atoms with Crippen LogP contribution in [0.5, 0.6) is 0 Å². The fourth-order valence-corrected chi connectivity index (χ4v) is 0.919. The van der Waals surface area contributed by atoms with E-state index in [9.17, 15) is 9.59 Å². The maximum absolute atomic E-state index is 10.3. The maximum Gasteiger partial charge on any atom is 0.325 e. The Kier molecular flexibility index (Phi) is 1.17. The van der Waals surface area contributed by atoms with Gasteiger partial charge >= 0.3 is 5.91 Å². The first-order chi connectivity index (χ1) is 3.70. The Morgan fingerprint density at radius 2 is 2.12 bits per heavy atom. The molecule has 1 heterocycles. The minimum absolute atomic E-state index is 0.470. The molecule has 0 aromatic carbocycles. The van der Waals surface area contributed by atoms with Gasteiger partial charge in [0.25, 0.3) is 5.12 Å². The number of nitrogens with zero attached hydrogens (tertiary/aromatic N) is 1. The van der Waals surface area contributed by atoms with E-state index in [1.807, 2.05) is 0 Å². The lowest BCUT2D eigenvalue weighted by Gasteiger charge is -1.74. The van der Waals surface area contributed by atoms with Gasteiger partial charge in [0.2, 0.25) is 0 Å². The molecule has 1 aliphatic heterocycles. The Labute approximate surface area is 50.2 Å². The second-order valence-corrected chi connectivity index (χ2v) is 2.49. The molecule has 1 amide bonds. The topological polar surface area (TPSA) is 46.5 Å². The van der Waals surface area contributed by atoms with Crippen molar-refractivity contribution in [3.05, 3.63) is 0 Å². The lowest BCUT2D eigenvalue weighted by Crippen LogP contribution is -1.98. The van der Waals surface area contributed by atoms with Crippen molar-refractivity contribution in [1.82, 2.24) is 0 Å². The lowest BCUT2D eigenvalue weighted by atomic mass is 10.7. The standard InChI is InChI=1S/C4H3NO2S/c1-2-5-3(6)4(7)8-2/h1H3. The fraction of sp³-hybridized carbons (Fsp3) is 0.250. The summed E-state index contributed by atoms with van der Waals surface area (Å²) in [5.41, 5.74) is 0. The molecule has 0 spiro atoms. The van der Waals surface area contributed by atoms with E-state index in [1.165, 1.54) is 0 Å². The molecule has 0 bridgehead atoms. The van der Waals surface area contributed by atoms with Gasteiger partial charge in [-0.1, -0.05) is 0 Å². The second kappa shape index (κ2) is 1.70. The van der Waals surface area contributed by atoms with Crippen LogP contribution in [0.1, 0.15) is 6.92 Å². The number of carbonyl (C=O) groups is 2. The Morgan fingerprint density at radius 3 is 2.25 bits per heavy atom. The number of hydrogen-bond donors (Lipinski definition) is 0. The van der Waals surface area contributed by atoms with Gasteiger partial charge in [0.05, 0.1) is 5.04 Å². The first kappa shape index (κ1) is 5.50. The average molecular weight is 129 g/mol. The van der Waals surface area contributed by atoms with Crippen LogP contribution in [0.25, 0.3) is 0 Å². The number of rotatable bonds is 0. The molecule has 0 aromatic rings. The van der Waals surface area contributed by atoms with Gasteiger partial charge in [-0.05, 0) is 18.7 Å². The van der Waals surface area contributed by atoms with Crippen LogP contribution >= 0.6 is 11.8 Å². The van der Waals surface area contributed by atoms with Crippen molar-refractivity contribution in [2.24, 2.45) is 4.99 Å². The molecule has 42 valence electrons. The van der Waals surface area contributed by atoms with Crippen LogP contribution in [0.2, 0.25) is 0 Å². The molecular formula is C4H3NO2S. The number of thioether (sulfide) groups is 1. The van der Waals surface area contributed by atoms with Crippen LogP contribution in [0, 0.1) is 0 Å². The first-order valence-corrected chi connectivity index (χ1v) is 2.83. The average Bonchev–Trinajstić information content (AvgIpc) is 1.85. The van der Waals surface area contributed by atoms with Gasteiger partial charge in [-0.15, -0.1) is 0 Å². The van der Waals surface area contributed by atoms with Gasteiger partial charge in [-0.25, -0.2) is 4.99 Å². The Bertz CT molecular complexity index is 184. The Balaban J connectivity index is 2.85. The molecule has 1 rings (SSSR count). The van der Waals surface area contributed by atoms with Crippen LogP contribution in [-0.2, 0) is 9.59 Å². The summed E-state index contributed by atoms with van der Waals surface area (Å²) in [4.78, 5) is 23.9. The van der Waals surface area contributed by atoms with E-state index in [1.54, 1.807) is 6.92 Å². The van der Waals surface area contributed by atoms with Gasteiger partial charge in [0, 0.05) is 0 Å². The normalized spacial score (nSPS) is 19.4. The highest BCUT2D eigenvalue weighted by molar-refractivity contribution is 8.28. The number of aliphatic imine (C=N–C) groups is 1. The Hall–Kier alpha value is -0.640. The molecule has 4 heteroatoms. The van der Waals surface area contributed by atoms with E-state index in [2.05, 4.69) is 4.99 Å². The molecule has 0 saturated heterocycles. The largest absolute Gasteiger partial charge is 0.325 e. The molecule has 0 atom stereocenters. The SMILES string of the molecule is CC1=NC(=O)C(=O)S1. The smallest absolute Gasteiger partial charge is 0.275 e. The molecule has 8 heavy (non-hydrogen) atoms. The number of carbonyl (C=O) groups excluding carboxylic acids is 2. The third kappa shape index (κ3) is 0.790. The van der Waals surface area contributed by atoms with Gasteiger partial charge in [-0.3, -0.25) is 9.59 Å². The van der Waals surface area contributed by atoms with Gasteiger partial charge < -0.3 is 0 Å². The molecular weight excluding hydrogens is 126 g/mol. The van der Waals surface area contributed by atoms with Gasteiger partial charge in [0.1, 0.15) is 0 Å². The van der Waals surface area contributed by atoms with E-state index < -0.39 is 11.0 Å². The minimum atomic E-state index is -0.632. The van der Waals surface area contributed by atoms with E-state index in [0.717, 1.165) is 11.8 Å². The van der Waals surface area contributed by atoms with E-state index in [4.69, 9.17) is 0 Å². The summed E-state index contributed by atoms with van der Waals surface area (Å²) < 4.78 is 0. The summed E-state index contributed by atoms with van der Waals surface area (Å²) in [7, 11) is 0. The number of hydrogen-bond acceptors (Lipinski definition) is 3. The lowest BCUT2D eigenvalue weighted by molar-refractivity contribution is -0.130. The molecule has 0 N–H and O–H groups in total. The quantitative estimate of drug-likeness (QED) is 0.439. The first-order valence-electron chi connectivity index (χ1n) is 2.01. The monoisotopic (exact) mass is 129 g/mol. The van der Waals surface area contributed by atoms with Crippen LogP contribution < -0.4 is 0 Å². The van der Waals surface area contributed by atoms with Crippen molar-refractivity contribution in [3.63, 3.8) is 0 Å². The van der Waals surface area contributed by atoms with Crippen LogP contribution in [0.4, 0.5) is 0 Å². The van der Waals surface area contributed by atoms with Crippen LogP contribution in [0.3, 0.4) is 0 Å². The molecule has 0 unspecified atom stereocenters. The summed E-state index contributed by atoms with van der Waals surface area (Å²) in [5.74, 6) is -0.632. The summed E-state index contributed by atoms with van der Waals surface area (Å²) in [6, 6.07) is 0. The van der Waals surface area contributed by atoms with Gasteiger partial charge in [-0.2, -0.15) is 0 Å². The zero-order chi connectivity index (χ0) is 6.15. The van der Waals surface area contributed by atoms with Gasteiger partial charge in [0.15, 0.2) is 0 Å². The molecule has 1 aliphatic rings. The van der Waals surface area contributed by atoms with Crippen molar-refractivity contribution >= 4 is 27.8 Å². The van der Waals surface area contributed by atoms with E-state index >= 15 is 0 Å². The third-order valence-corrected chi connectivity index (χ3v) is 1.42. The van der Waals surface area contributed by atoms with E-state index in [-0.39, 0.29) is 0 Å². The Morgan fingerprint density at radius 1 is 1.50 bits per heavy atom. The van der Waals surface area contributed by atoms with Crippen LogP contribution in [-0.4, -0.2) is 16.1 Å². The van der Waals surface area contributed by atoms with Crippen molar-refractivity contribution < 1.29 is 9.59 Å². The predicted molar refractivity (Wildman–Crippen MR) is 30.7 cm³/mol. The fourth-order valence-electron chi connectivity index (χ4n) is 0.389. The summed E-state index contributed by atoms with van der Waals surface area (Å²) >= 11 is 0.890. The van der Waals surface area contributed by atoms with E-state index in [0.29, 0.717) is 5.04 Å². The molecule has 0 saturated carbocycles. The summed E-state index contributed by atoms with van der Waals surface area (Å²) in [6.45, 7) is 1.63. The molecule has 3 nitrogen and oxygen atoms in total.